The van der Waals surface area contributed by atoms with Gasteiger partial charge in [0.05, 0.1) is 25.0 Å². The Morgan fingerprint density at radius 1 is 1.03 bits per heavy atom. The number of nitrogens with two attached hydrogens (primary N) is 3. The third-order valence-electron chi connectivity index (χ3n) is 6.16. The summed E-state index contributed by atoms with van der Waals surface area (Å²) in [6, 6.07) is -2.33. The molecule has 2 saturated heterocycles. The number of carboxylic acids is 1. The molecule has 5 atom stereocenters. The Kier molecular flexibility index (Phi) is 12.6. The van der Waals surface area contributed by atoms with Crippen LogP contribution >= 0.6 is 11.8 Å². The monoisotopic (exact) mass is 571 g/mol. The lowest BCUT2D eigenvalue weighted by molar-refractivity contribution is -0.140. The van der Waals surface area contributed by atoms with E-state index in [2.05, 4.69) is 31.6 Å². The van der Waals surface area contributed by atoms with E-state index in [1.807, 2.05) is 0 Å². The molecule has 0 aromatic heterocycles. The predicted molar refractivity (Wildman–Crippen MR) is 142 cm³/mol. The Balaban J connectivity index is 1.81. The molecule has 17 heteroatoms. The van der Waals surface area contributed by atoms with E-state index in [9.17, 15) is 28.8 Å². The summed E-state index contributed by atoms with van der Waals surface area (Å²) in [5.41, 5.74) is 15.7. The van der Waals surface area contributed by atoms with Crippen LogP contribution in [0, 0.1) is 0 Å². The normalized spacial score (nSPS) is 20.9. The molecule has 0 aromatic carbocycles. The van der Waals surface area contributed by atoms with Crippen LogP contribution in [0.3, 0.4) is 0 Å². The van der Waals surface area contributed by atoms with Gasteiger partial charge in [0, 0.05) is 24.0 Å². The Bertz CT molecular complexity index is 960. The highest BCUT2D eigenvalue weighted by atomic mass is 32.2. The number of carbonyl (C=O) groups excluding carboxylic acids is 5. The third-order valence-corrected chi connectivity index (χ3v) is 7.67. The van der Waals surface area contributed by atoms with E-state index in [0.717, 1.165) is 18.6 Å². The first-order valence-electron chi connectivity index (χ1n) is 12.6. The number of nitrogens with one attached hydrogen (secondary N) is 5. The minimum Gasteiger partial charge on any atom is -0.481 e. The Labute approximate surface area is 229 Å². The van der Waals surface area contributed by atoms with Crippen molar-refractivity contribution in [3.63, 3.8) is 0 Å². The second kappa shape index (κ2) is 15.6. The molecule has 39 heavy (non-hydrogen) atoms. The molecule has 16 nitrogen and oxygen atoms in total. The van der Waals surface area contributed by atoms with E-state index in [0.29, 0.717) is 12.8 Å². The van der Waals surface area contributed by atoms with Crippen LogP contribution < -0.4 is 43.8 Å². The number of nitrogens with zero attached hydrogens (tertiary/aromatic N) is 1. The zero-order valence-corrected chi connectivity index (χ0v) is 22.3. The molecular weight excluding hydrogens is 534 g/mol. The van der Waals surface area contributed by atoms with Gasteiger partial charge >= 0.3 is 12.0 Å². The first kappa shape index (κ1) is 31.5. The van der Waals surface area contributed by atoms with Crippen molar-refractivity contribution < 1.29 is 33.9 Å². The molecule has 0 saturated carbocycles. The van der Waals surface area contributed by atoms with Gasteiger partial charge in [0.25, 0.3) is 0 Å². The molecular formula is C22H37N9O7S. The van der Waals surface area contributed by atoms with E-state index in [1.54, 1.807) is 11.8 Å². The number of urea groups is 1. The summed E-state index contributed by atoms with van der Waals surface area (Å²) in [6.07, 6.45) is 2.23. The van der Waals surface area contributed by atoms with Gasteiger partial charge in [-0.2, -0.15) is 11.8 Å². The summed E-state index contributed by atoms with van der Waals surface area (Å²) in [4.78, 5) is 74.9. The number of primary amides is 1. The second-order valence-electron chi connectivity index (χ2n) is 9.27. The van der Waals surface area contributed by atoms with Crippen molar-refractivity contribution in [3.05, 3.63) is 0 Å². The number of carbonyl (C=O) groups is 6. The van der Waals surface area contributed by atoms with Gasteiger partial charge in [-0.15, -0.1) is 0 Å². The Morgan fingerprint density at radius 3 is 2.41 bits per heavy atom. The lowest BCUT2D eigenvalue weighted by Crippen LogP contribution is -2.52. The van der Waals surface area contributed by atoms with Gasteiger partial charge in [0.2, 0.25) is 23.6 Å². The topological polar surface area (TPSA) is 273 Å². The van der Waals surface area contributed by atoms with Crippen molar-refractivity contribution in [2.45, 2.75) is 74.4 Å². The van der Waals surface area contributed by atoms with Crippen LogP contribution in [-0.4, -0.2) is 95.0 Å². The number of guanidine groups is 1. The minimum absolute atomic E-state index is 0.0919. The van der Waals surface area contributed by atoms with Crippen molar-refractivity contribution in [2.24, 2.45) is 22.2 Å². The van der Waals surface area contributed by atoms with E-state index >= 15 is 0 Å². The van der Waals surface area contributed by atoms with Crippen molar-refractivity contribution in [3.8, 4) is 0 Å². The third kappa shape index (κ3) is 11.3. The van der Waals surface area contributed by atoms with E-state index in [4.69, 9.17) is 22.3 Å². The summed E-state index contributed by atoms with van der Waals surface area (Å²) >= 11 is 1.79. The van der Waals surface area contributed by atoms with Gasteiger partial charge in [0.15, 0.2) is 5.96 Å². The molecule has 2 fully saturated rings. The summed E-state index contributed by atoms with van der Waals surface area (Å²) in [5.74, 6) is -3.43. The smallest absolute Gasteiger partial charge is 0.315 e. The number of aliphatic imine (C=N–C) groups is 1. The highest BCUT2D eigenvalue weighted by Gasteiger charge is 2.42. The fraction of sp³-hybridized carbons (Fsp3) is 0.682. The first-order valence-corrected chi connectivity index (χ1v) is 13.6. The molecule has 2 aliphatic rings. The van der Waals surface area contributed by atoms with Crippen molar-refractivity contribution in [1.82, 2.24) is 26.6 Å². The standard InChI is InChI=1S/C22H37N9O7S/c23-19(36)12(8-17(34)35)29-16(33)9-27-20(37)11(4-3-7-26-21(24)25)28-15(32)6-2-1-5-14-18-13(10-39-14)30-22(38)31-18/h11-14,18H,1-10H2,(H2,23,36)(H,27,37)(H,28,32)(H,29,33)(H,34,35)(H4,24,25,26)(H2,30,31,38)/t11?,12?,13-,14-,18-/m0/s1. The van der Waals surface area contributed by atoms with Gasteiger partial charge < -0.3 is 48.9 Å². The number of carboxylic acid groups (broad SMARTS) is 1. The SMILES string of the molecule is NC(=O)C(CC(=O)O)NC(=O)CNC(=O)C(CCCN=C(N)N)NC(=O)CCCC[C@@H]1SC[C@@H]2NC(=O)N[C@@H]21. The molecule has 2 rings (SSSR count). The summed E-state index contributed by atoms with van der Waals surface area (Å²) in [6.45, 7) is -0.334. The number of amides is 6. The number of unbranched alkanes of at least 4 members (excludes halogenated alkanes) is 1. The Morgan fingerprint density at radius 2 is 1.74 bits per heavy atom. The predicted octanol–water partition coefficient (Wildman–Crippen LogP) is -3.19. The van der Waals surface area contributed by atoms with Crippen LogP contribution in [0.25, 0.3) is 0 Å². The highest BCUT2D eigenvalue weighted by molar-refractivity contribution is 8.00. The van der Waals surface area contributed by atoms with Crippen molar-refractivity contribution in [2.75, 3.05) is 18.8 Å². The maximum atomic E-state index is 12.7. The maximum Gasteiger partial charge on any atom is 0.315 e. The van der Waals surface area contributed by atoms with Crippen LogP contribution in [0.15, 0.2) is 4.99 Å². The van der Waals surface area contributed by atoms with Gasteiger partial charge in [-0.05, 0) is 25.7 Å². The minimum atomic E-state index is -1.43. The van der Waals surface area contributed by atoms with Crippen molar-refractivity contribution >= 4 is 53.4 Å². The van der Waals surface area contributed by atoms with Gasteiger partial charge in [-0.1, -0.05) is 6.42 Å². The lowest BCUT2D eigenvalue weighted by Gasteiger charge is -2.19. The number of thioether (sulfide) groups is 1. The van der Waals surface area contributed by atoms with Crippen LogP contribution in [-0.2, 0) is 24.0 Å². The molecule has 0 radical (unpaired) electrons. The number of hydrogen-bond donors (Lipinski definition) is 9. The summed E-state index contributed by atoms with van der Waals surface area (Å²) < 4.78 is 0. The van der Waals surface area contributed by atoms with Gasteiger partial charge in [0.1, 0.15) is 12.1 Å². The average Bonchev–Trinajstić information content (AvgIpc) is 3.40. The fourth-order valence-corrected chi connectivity index (χ4v) is 5.79. The zero-order chi connectivity index (χ0) is 28.9. The number of rotatable bonds is 17. The molecule has 218 valence electrons. The quantitative estimate of drug-likeness (QED) is 0.0365. The van der Waals surface area contributed by atoms with Crippen molar-refractivity contribution in [1.29, 1.82) is 0 Å². The molecule has 0 aliphatic carbocycles. The van der Waals surface area contributed by atoms with Crippen LogP contribution in [0.1, 0.15) is 44.9 Å². The molecule has 6 amide bonds. The Hall–Kier alpha value is -3.76. The average molecular weight is 572 g/mol. The largest absolute Gasteiger partial charge is 0.481 e. The fourth-order valence-electron chi connectivity index (χ4n) is 4.25. The van der Waals surface area contributed by atoms with Crippen LogP contribution in [0.2, 0.25) is 0 Å². The molecule has 12 N–H and O–H groups in total. The van der Waals surface area contributed by atoms with E-state index < -0.39 is 48.7 Å². The first-order chi connectivity index (χ1) is 18.5. The number of aliphatic carboxylic acids is 1. The number of hydrogen-bond acceptors (Lipinski definition) is 8. The van der Waals surface area contributed by atoms with Gasteiger partial charge in [-0.3, -0.25) is 29.0 Å². The molecule has 0 bridgehead atoms. The maximum absolute atomic E-state index is 12.7. The number of fused-ring (bicyclic) bond motifs is 1. The second-order valence-corrected chi connectivity index (χ2v) is 10.5. The lowest BCUT2D eigenvalue weighted by atomic mass is 10.0. The summed E-state index contributed by atoms with van der Waals surface area (Å²) in [7, 11) is 0. The molecule has 0 aromatic rings. The molecule has 2 unspecified atom stereocenters. The molecule has 2 aliphatic heterocycles. The highest BCUT2D eigenvalue weighted by Crippen LogP contribution is 2.33. The van der Waals surface area contributed by atoms with E-state index in [1.165, 1.54) is 0 Å². The zero-order valence-electron chi connectivity index (χ0n) is 21.4. The summed E-state index contributed by atoms with van der Waals surface area (Å²) in [5, 5.41) is 22.1. The molecule has 2 heterocycles. The molecule has 0 spiro atoms. The van der Waals surface area contributed by atoms with E-state index in [-0.39, 0.29) is 54.6 Å². The van der Waals surface area contributed by atoms with Crippen LogP contribution in [0.4, 0.5) is 4.79 Å². The van der Waals surface area contributed by atoms with Crippen LogP contribution in [0.5, 0.6) is 0 Å². The van der Waals surface area contributed by atoms with Gasteiger partial charge in [-0.25, -0.2) is 4.79 Å².